The molecule has 0 bridgehead atoms. The van der Waals surface area contributed by atoms with Crippen molar-refractivity contribution in [3.8, 4) is 0 Å². The van der Waals surface area contributed by atoms with Crippen LogP contribution < -0.4 is 0 Å². The first-order valence-electron chi connectivity index (χ1n) is 3.49. The van der Waals surface area contributed by atoms with Crippen molar-refractivity contribution in [2.45, 2.75) is 33.6 Å². The highest BCUT2D eigenvalue weighted by molar-refractivity contribution is 5.09. The second-order valence-corrected chi connectivity index (χ2v) is 2.43. The summed E-state index contributed by atoms with van der Waals surface area (Å²) in [7, 11) is 0. The molecule has 0 aromatic rings. The van der Waals surface area contributed by atoms with Crippen LogP contribution in [0.2, 0.25) is 0 Å². The van der Waals surface area contributed by atoms with E-state index in [9.17, 15) is 0 Å². The first-order chi connectivity index (χ1) is 4.20. The van der Waals surface area contributed by atoms with E-state index in [0.717, 1.165) is 12.8 Å². The van der Waals surface area contributed by atoms with Gasteiger partial charge in [0.25, 0.3) is 0 Å². The molecule has 0 fully saturated rings. The molecule has 0 N–H and O–H groups in total. The van der Waals surface area contributed by atoms with Gasteiger partial charge in [-0.1, -0.05) is 30.7 Å². The summed E-state index contributed by atoms with van der Waals surface area (Å²) in [5.74, 6) is 0. The molecule has 0 aromatic carbocycles. The SMILES string of the molecule is C=C(C)C/C(=C\C)CC. The van der Waals surface area contributed by atoms with Gasteiger partial charge in [0, 0.05) is 0 Å². The Hall–Kier alpha value is -0.520. The fourth-order valence-electron chi connectivity index (χ4n) is 0.819. The van der Waals surface area contributed by atoms with Crippen molar-refractivity contribution >= 4 is 0 Å². The van der Waals surface area contributed by atoms with E-state index >= 15 is 0 Å². The zero-order valence-electron chi connectivity index (χ0n) is 6.70. The summed E-state index contributed by atoms with van der Waals surface area (Å²) >= 11 is 0. The predicted molar refractivity (Wildman–Crippen MR) is 43.5 cm³/mol. The summed E-state index contributed by atoms with van der Waals surface area (Å²) in [6, 6.07) is 0. The Morgan fingerprint density at radius 2 is 2.11 bits per heavy atom. The Bertz CT molecular complexity index is 118. The maximum absolute atomic E-state index is 3.85. The van der Waals surface area contributed by atoms with Gasteiger partial charge in [-0.15, -0.1) is 0 Å². The molecule has 0 aliphatic carbocycles. The van der Waals surface area contributed by atoms with Crippen molar-refractivity contribution in [2.24, 2.45) is 0 Å². The number of rotatable bonds is 3. The predicted octanol–water partition coefficient (Wildman–Crippen LogP) is 3.31. The van der Waals surface area contributed by atoms with E-state index in [0.29, 0.717) is 0 Å². The topological polar surface area (TPSA) is 0 Å². The van der Waals surface area contributed by atoms with Crippen LogP contribution in [0.3, 0.4) is 0 Å². The third kappa shape index (κ3) is 4.01. The van der Waals surface area contributed by atoms with E-state index in [4.69, 9.17) is 0 Å². The lowest BCUT2D eigenvalue weighted by atomic mass is 10.1. The van der Waals surface area contributed by atoms with E-state index in [1.54, 1.807) is 0 Å². The Morgan fingerprint density at radius 3 is 2.22 bits per heavy atom. The van der Waals surface area contributed by atoms with Crippen LogP contribution in [0.25, 0.3) is 0 Å². The van der Waals surface area contributed by atoms with Crippen LogP contribution in [0.5, 0.6) is 0 Å². The lowest BCUT2D eigenvalue weighted by molar-refractivity contribution is 0.988. The fourth-order valence-corrected chi connectivity index (χ4v) is 0.819. The van der Waals surface area contributed by atoms with Crippen LogP contribution in [0.4, 0.5) is 0 Å². The molecule has 0 amide bonds. The van der Waals surface area contributed by atoms with Crippen LogP contribution in [0.1, 0.15) is 33.6 Å². The number of hydrogen-bond acceptors (Lipinski definition) is 0. The van der Waals surface area contributed by atoms with Crippen molar-refractivity contribution in [1.82, 2.24) is 0 Å². The van der Waals surface area contributed by atoms with Gasteiger partial charge in [-0.05, 0) is 26.7 Å². The molecule has 0 aliphatic heterocycles. The highest BCUT2D eigenvalue weighted by Crippen LogP contribution is 2.10. The molecule has 0 heteroatoms. The first kappa shape index (κ1) is 8.48. The highest BCUT2D eigenvalue weighted by atomic mass is 14.0. The summed E-state index contributed by atoms with van der Waals surface area (Å²) < 4.78 is 0. The minimum atomic E-state index is 1.08. The quantitative estimate of drug-likeness (QED) is 0.506. The Morgan fingerprint density at radius 1 is 1.56 bits per heavy atom. The molecule has 0 saturated carbocycles. The molecule has 0 saturated heterocycles. The van der Waals surface area contributed by atoms with Crippen molar-refractivity contribution in [3.63, 3.8) is 0 Å². The van der Waals surface area contributed by atoms with E-state index in [1.807, 2.05) is 0 Å². The summed E-state index contributed by atoms with van der Waals surface area (Å²) in [4.78, 5) is 0. The summed E-state index contributed by atoms with van der Waals surface area (Å²) in [5, 5.41) is 0. The normalized spacial score (nSPS) is 11.7. The minimum absolute atomic E-state index is 1.08. The lowest BCUT2D eigenvalue weighted by Crippen LogP contribution is -1.80. The largest absolute Gasteiger partial charge is 0.0998 e. The molecule has 0 heterocycles. The molecule has 52 valence electrons. The van der Waals surface area contributed by atoms with E-state index in [2.05, 4.69) is 33.4 Å². The van der Waals surface area contributed by atoms with Crippen molar-refractivity contribution < 1.29 is 0 Å². The average molecular weight is 124 g/mol. The average Bonchev–Trinajstić information content (AvgIpc) is 1.82. The van der Waals surface area contributed by atoms with Gasteiger partial charge in [0.15, 0.2) is 0 Å². The Kier molecular flexibility index (Phi) is 4.12. The van der Waals surface area contributed by atoms with Crippen molar-refractivity contribution in [3.05, 3.63) is 23.8 Å². The van der Waals surface area contributed by atoms with Gasteiger partial charge in [-0.25, -0.2) is 0 Å². The molecule has 0 spiro atoms. The summed E-state index contributed by atoms with van der Waals surface area (Å²) in [6.45, 7) is 10.2. The smallest absolute Gasteiger partial charge is 0.0114 e. The summed E-state index contributed by atoms with van der Waals surface area (Å²) in [6.07, 6.45) is 4.41. The lowest BCUT2D eigenvalue weighted by Gasteiger charge is -2.00. The van der Waals surface area contributed by atoms with Crippen molar-refractivity contribution in [1.29, 1.82) is 0 Å². The highest BCUT2D eigenvalue weighted by Gasteiger charge is 1.90. The van der Waals surface area contributed by atoms with E-state index < -0.39 is 0 Å². The molecular weight excluding hydrogens is 108 g/mol. The maximum Gasteiger partial charge on any atom is -0.0114 e. The molecule has 0 nitrogen and oxygen atoms in total. The van der Waals surface area contributed by atoms with E-state index in [1.165, 1.54) is 11.1 Å². The second kappa shape index (κ2) is 4.37. The van der Waals surface area contributed by atoms with E-state index in [-0.39, 0.29) is 0 Å². The molecule has 0 unspecified atom stereocenters. The van der Waals surface area contributed by atoms with Crippen LogP contribution >= 0.6 is 0 Å². The van der Waals surface area contributed by atoms with Gasteiger partial charge in [-0.2, -0.15) is 0 Å². The monoisotopic (exact) mass is 124 g/mol. The molecular formula is C9H16. The summed E-state index contributed by atoms with van der Waals surface area (Å²) in [5.41, 5.74) is 2.74. The fraction of sp³-hybridized carbons (Fsp3) is 0.556. The van der Waals surface area contributed by atoms with Gasteiger partial charge in [0.1, 0.15) is 0 Å². The van der Waals surface area contributed by atoms with Gasteiger partial charge in [0.2, 0.25) is 0 Å². The van der Waals surface area contributed by atoms with Crippen LogP contribution in [-0.4, -0.2) is 0 Å². The Labute approximate surface area is 58.3 Å². The molecule has 0 rings (SSSR count). The molecule has 0 aromatic heterocycles. The van der Waals surface area contributed by atoms with Crippen LogP contribution in [0.15, 0.2) is 23.8 Å². The zero-order valence-corrected chi connectivity index (χ0v) is 6.70. The van der Waals surface area contributed by atoms with Gasteiger partial charge < -0.3 is 0 Å². The standard InChI is InChI=1S/C9H16/c1-5-9(6-2)7-8(3)4/h5H,3,6-7H2,1-2,4H3/b9-5-. The third-order valence-electron chi connectivity index (χ3n) is 1.39. The van der Waals surface area contributed by atoms with Crippen LogP contribution in [-0.2, 0) is 0 Å². The minimum Gasteiger partial charge on any atom is -0.0998 e. The third-order valence-corrected chi connectivity index (χ3v) is 1.39. The number of hydrogen-bond donors (Lipinski definition) is 0. The maximum atomic E-state index is 3.85. The molecule has 0 aliphatic rings. The molecule has 9 heavy (non-hydrogen) atoms. The van der Waals surface area contributed by atoms with Crippen molar-refractivity contribution in [2.75, 3.05) is 0 Å². The first-order valence-corrected chi connectivity index (χ1v) is 3.49. The van der Waals surface area contributed by atoms with Gasteiger partial charge in [0.05, 0.1) is 0 Å². The molecule has 0 radical (unpaired) electrons. The zero-order chi connectivity index (χ0) is 7.28. The number of allylic oxidation sites excluding steroid dienone is 3. The second-order valence-electron chi connectivity index (χ2n) is 2.43. The van der Waals surface area contributed by atoms with Gasteiger partial charge >= 0.3 is 0 Å². The molecule has 0 atom stereocenters. The Balaban J connectivity index is 3.71. The van der Waals surface area contributed by atoms with Crippen LogP contribution in [0, 0.1) is 0 Å². The van der Waals surface area contributed by atoms with Gasteiger partial charge in [-0.3, -0.25) is 0 Å².